The predicted octanol–water partition coefficient (Wildman–Crippen LogP) is 3.34. The molecular weight excluding hydrogens is 326 g/mol. The highest BCUT2D eigenvalue weighted by Crippen LogP contribution is 2.29. The molecule has 0 aliphatic carbocycles. The molecule has 0 saturated carbocycles. The molecule has 1 aliphatic rings. The molecular formula is C18H18ClN3O2. The Balaban J connectivity index is 1.72. The molecule has 24 heavy (non-hydrogen) atoms. The lowest BCUT2D eigenvalue weighted by Crippen LogP contribution is -2.28. The molecule has 1 unspecified atom stereocenters. The smallest absolute Gasteiger partial charge is 0.230 e. The van der Waals surface area contributed by atoms with E-state index in [9.17, 15) is 9.59 Å². The summed E-state index contributed by atoms with van der Waals surface area (Å²) in [5.74, 6) is -0.168. The number of halogens is 1. The highest BCUT2D eigenvalue weighted by atomic mass is 35.5. The van der Waals surface area contributed by atoms with Crippen molar-refractivity contribution < 1.29 is 9.59 Å². The molecule has 2 amide bonds. The summed E-state index contributed by atoms with van der Waals surface area (Å²) in [5.41, 5.74) is 2.50. The Hall–Kier alpha value is -2.40. The minimum atomic E-state index is -0.403. The lowest BCUT2D eigenvalue weighted by atomic mass is 10.1. The number of nitrogens with one attached hydrogen (secondary N) is 1. The molecule has 0 bridgehead atoms. The molecule has 2 aromatic rings. The molecule has 5 nitrogen and oxygen atoms in total. The number of carbonyl (C=O) groups excluding carboxylic acids is 2. The van der Waals surface area contributed by atoms with Crippen LogP contribution in [0.2, 0.25) is 5.02 Å². The van der Waals surface area contributed by atoms with Crippen LogP contribution in [-0.4, -0.2) is 23.3 Å². The first kappa shape index (κ1) is 16.5. The third-order valence-electron chi connectivity index (χ3n) is 4.10. The monoisotopic (exact) mass is 343 g/mol. The van der Waals surface area contributed by atoms with Crippen molar-refractivity contribution in [1.82, 2.24) is 4.98 Å². The van der Waals surface area contributed by atoms with Gasteiger partial charge in [-0.3, -0.25) is 9.59 Å². The number of anilines is 2. The van der Waals surface area contributed by atoms with E-state index in [1.807, 2.05) is 38.1 Å². The summed E-state index contributed by atoms with van der Waals surface area (Å²) in [7, 11) is 0. The van der Waals surface area contributed by atoms with Crippen LogP contribution in [0.3, 0.4) is 0 Å². The van der Waals surface area contributed by atoms with Crippen LogP contribution >= 0.6 is 11.6 Å². The summed E-state index contributed by atoms with van der Waals surface area (Å²) in [5, 5.41) is 3.39. The average molecular weight is 344 g/mol. The molecule has 1 aliphatic heterocycles. The van der Waals surface area contributed by atoms with Gasteiger partial charge in [0.2, 0.25) is 11.8 Å². The number of hydrogen-bond donors (Lipinski definition) is 1. The van der Waals surface area contributed by atoms with Crippen LogP contribution in [0, 0.1) is 19.8 Å². The molecule has 0 radical (unpaired) electrons. The summed E-state index contributed by atoms with van der Waals surface area (Å²) in [6.07, 6.45) is 0.184. The van der Waals surface area contributed by atoms with Gasteiger partial charge in [-0.25, -0.2) is 4.98 Å². The van der Waals surface area contributed by atoms with Crippen molar-refractivity contribution in [3.8, 4) is 0 Å². The molecule has 1 saturated heterocycles. The van der Waals surface area contributed by atoms with Crippen molar-refractivity contribution in [2.75, 3.05) is 16.8 Å². The number of pyridine rings is 1. The molecule has 2 heterocycles. The largest absolute Gasteiger partial charge is 0.312 e. The van der Waals surface area contributed by atoms with Gasteiger partial charge in [0, 0.05) is 29.4 Å². The Morgan fingerprint density at radius 2 is 2.08 bits per heavy atom. The van der Waals surface area contributed by atoms with Gasteiger partial charge in [0.25, 0.3) is 0 Å². The molecule has 1 aromatic heterocycles. The van der Waals surface area contributed by atoms with E-state index in [1.54, 1.807) is 17.0 Å². The maximum absolute atomic E-state index is 12.4. The Morgan fingerprint density at radius 3 is 2.79 bits per heavy atom. The summed E-state index contributed by atoms with van der Waals surface area (Å²) in [4.78, 5) is 30.6. The van der Waals surface area contributed by atoms with Gasteiger partial charge in [0.05, 0.1) is 5.92 Å². The normalized spacial score (nSPS) is 17.2. The van der Waals surface area contributed by atoms with Crippen molar-refractivity contribution in [3.05, 3.63) is 52.7 Å². The van der Waals surface area contributed by atoms with Crippen LogP contribution in [0.15, 0.2) is 36.4 Å². The van der Waals surface area contributed by atoms with E-state index in [0.717, 1.165) is 16.9 Å². The van der Waals surface area contributed by atoms with Crippen LogP contribution in [0.4, 0.5) is 11.5 Å². The van der Waals surface area contributed by atoms with Gasteiger partial charge in [-0.1, -0.05) is 23.7 Å². The van der Waals surface area contributed by atoms with Crippen LogP contribution in [0.25, 0.3) is 0 Å². The summed E-state index contributed by atoms with van der Waals surface area (Å²) < 4.78 is 0. The number of amides is 2. The Morgan fingerprint density at radius 1 is 1.29 bits per heavy atom. The second-order valence-electron chi connectivity index (χ2n) is 5.99. The van der Waals surface area contributed by atoms with Crippen LogP contribution in [0.5, 0.6) is 0 Å². The zero-order chi connectivity index (χ0) is 17.3. The number of aryl methyl sites for hydroxylation is 2. The fourth-order valence-corrected chi connectivity index (χ4v) is 2.90. The highest BCUT2D eigenvalue weighted by molar-refractivity contribution is 6.31. The highest BCUT2D eigenvalue weighted by Gasteiger charge is 2.35. The molecule has 6 heteroatoms. The van der Waals surface area contributed by atoms with E-state index in [2.05, 4.69) is 10.3 Å². The fourth-order valence-electron chi connectivity index (χ4n) is 2.72. The lowest BCUT2D eigenvalue weighted by molar-refractivity contribution is -0.122. The van der Waals surface area contributed by atoms with E-state index in [1.165, 1.54) is 0 Å². The van der Waals surface area contributed by atoms with Crippen molar-refractivity contribution in [3.63, 3.8) is 0 Å². The minimum Gasteiger partial charge on any atom is -0.312 e. The average Bonchev–Trinajstić information content (AvgIpc) is 2.92. The number of nitrogens with zero attached hydrogens (tertiary/aromatic N) is 2. The van der Waals surface area contributed by atoms with Gasteiger partial charge in [-0.2, -0.15) is 0 Å². The molecule has 1 fully saturated rings. The maximum Gasteiger partial charge on any atom is 0.230 e. The third kappa shape index (κ3) is 3.41. The van der Waals surface area contributed by atoms with E-state index < -0.39 is 5.92 Å². The molecule has 1 N–H and O–H groups in total. The standard InChI is InChI=1S/C18H18ClN3O2/c1-11-6-7-14(9-15(11)19)22-10-13(8-17(22)23)18(24)21-16-5-3-4-12(2)20-16/h3-7,9,13H,8,10H2,1-2H3,(H,20,21,24). The van der Waals surface area contributed by atoms with Gasteiger partial charge in [0.1, 0.15) is 5.82 Å². The second-order valence-corrected chi connectivity index (χ2v) is 6.40. The molecule has 1 atom stereocenters. The lowest BCUT2D eigenvalue weighted by Gasteiger charge is -2.17. The van der Waals surface area contributed by atoms with Crippen LogP contribution < -0.4 is 10.2 Å². The number of rotatable bonds is 3. The minimum absolute atomic E-state index is 0.0766. The van der Waals surface area contributed by atoms with Gasteiger partial charge in [0.15, 0.2) is 0 Å². The van der Waals surface area contributed by atoms with E-state index in [0.29, 0.717) is 17.4 Å². The van der Waals surface area contributed by atoms with Crippen molar-refractivity contribution in [2.45, 2.75) is 20.3 Å². The molecule has 0 spiro atoms. The van der Waals surface area contributed by atoms with Crippen molar-refractivity contribution >= 4 is 34.9 Å². The van der Waals surface area contributed by atoms with Crippen LogP contribution in [-0.2, 0) is 9.59 Å². The van der Waals surface area contributed by atoms with E-state index in [-0.39, 0.29) is 18.2 Å². The summed E-state index contributed by atoms with van der Waals surface area (Å²) in [6, 6.07) is 10.9. The first-order chi connectivity index (χ1) is 11.4. The van der Waals surface area contributed by atoms with Gasteiger partial charge >= 0.3 is 0 Å². The van der Waals surface area contributed by atoms with E-state index in [4.69, 9.17) is 11.6 Å². The quantitative estimate of drug-likeness (QED) is 0.929. The van der Waals surface area contributed by atoms with Crippen molar-refractivity contribution in [1.29, 1.82) is 0 Å². The Kier molecular flexibility index (Phi) is 4.53. The molecule has 3 rings (SSSR count). The van der Waals surface area contributed by atoms with Gasteiger partial charge in [-0.15, -0.1) is 0 Å². The maximum atomic E-state index is 12.4. The molecule has 124 valence electrons. The van der Waals surface area contributed by atoms with Gasteiger partial charge < -0.3 is 10.2 Å². The van der Waals surface area contributed by atoms with Crippen molar-refractivity contribution in [2.24, 2.45) is 5.92 Å². The third-order valence-corrected chi connectivity index (χ3v) is 4.51. The number of benzene rings is 1. The fraction of sp³-hybridized carbons (Fsp3) is 0.278. The summed E-state index contributed by atoms with van der Waals surface area (Å²) >= 11 is 6.14. The first-order valence-electron chi connectivity index (χ1n) is 7.75. The second kappa shape index (κ2) is 6.61. The molecule has 1 aromatic carbocycles. The predicted molar refractivity (Wildman–Crippen MR) is 94.3 cm³/mol. The zero-order valence-corrected chi connectivity index (χ0v) is 14.3. The number of carbonyl (C=O) groups is 2. The first-order valence-corrected chi connectivity index (χ1v) is 8.13. The van der Waals surface area contributed by atoms with Gasteiger partial charge in [-0.05, 0) is 43.7 Å². The Bertz CT molecular complexity index is 807. The van der Waals surface area contributed by atoms with E-state index >= 15 is 0 Å². The topological polar surface area (TPSA) is 62.3 Å². The summed E-state index contributed by atoms with van der Waals surface area (Å²) in [6.45, 7) is 4.11. The van der Waals surface area contributed by atoms with Crippen LogP contribution in [0.1, 0.15) is 17.7 Å². The zero-order valence-electron chi connectivity index (χ0n) is 13.5. The SMILES string of the molecule is Cc1cccc(NC(=O)C2CC(=O)N(c3ccc(C)c(Cl)c3)C2)n1. The number of aromatic nitrogens is 1. The Labute approximate surface area is 145 Å². The number of hydrogen-bond acceptors (Lipinski definition) is 3.